The van der Waals surface area contributed by atoms with Crippen LogP contribution in [-0.2, 0) is 9.53 Å². The number of aliphatic carboxylic acids is 1. The van der Waals surface area contributed by atoms with Gasteiger partial charge in [-0.2, -0.15) is 0 Å². The quantitative estimate of drug-likeness (QED) is 0.672. The van der Waals surface area contributed by atoms with E-state index in [4.69, 9.17) is 4.74 Å². The molecule has 0 aromatic rings. The van der Waals surface area contributed by atoms with Crippen LogP contribution in [0, 0.1) is 11.3 Å². The molecule has 1 aliphatic heterocycles. The van der Waals surface area contributed by atoms with Crippen molar-refractivity contribution >= 4 is 12.0 Å². The van der Waals surface area contributed by atoms with Gasteiger partial charge in [-0.25, -0.2) is 4.79 Å². The van der Waals surface area contributed by atoms with Gasteiger partial charge in [0.05, 0.1) is 5.41 Å². The van der Waals surface area contributed by atoms with Crippen molar-refractivity contribution < 1.29 is 19.4 Å². The van der Waals surface area contributed by atoms with Crippen LogP contribution in [0.1, 0.15) is 39.5 Å². The van der Waals surface area contributed by atoms with Crippen molar-refractivity contribution in [1.82, 2.24) is 10.2 Å². The zero-order valence-electron chi connectivity index (χ0n) is 13.4. The molecular formula is C15H28N2O4. The predicted molar refractivity (Wildman–Crippen MR) is 80.2 cm³/mol. The number of hydrogen-bond donors (Lipinski definition) is 2. The molecule has 0 spiro atoms. The van der Waals surface area contributed by atoms with Gasteiger partial charge in [-0.15, -0.1) is 0 Å². The standard InChI is InChI=1S/C15H28N2O4/c1-12(2)15(13(18)19)7-9-17(11-15)14(20)16-8-5-4-6-10-21-3/h12H,4-11H2,1-3H3,(H,16,20)(H,18,19). The topological polar surface area (TPSA) is 78.9 Å². The van der Waals surface area contributed by atoms with Crippen LogP contribution in [0.25, 0.3) is 0 Å². The first-order valence-electron chi connectivity index (χ1n) is 7.69. The maximum atomic E-state index is 12.1. The van der Waals surface area contributed by atoms with Crippen molar-refractivity contribution in [3.63, 3.8) is 0 Å². The summed E-state index contributed by atoms with van der Waals surface area (Å²) in [6.07, 6.45) is 3.45. The van der Waals surface area contributed by atoms with Crippen LogP contribution >= 0.6 is 0 Å². The first kappa shape index (κ1) is 17.8. The second kappa shape index (κ2) is 8.22. The van der Waals surface area contributed by atoms with E-state index in [1.165, 1.54) is 0 Å². The van der Waals surface area contributed by atoms with Gasteiger partial charge in [0.1, 0.15) is 0 Å². The van der Waals surface area contributed by atoms with E-state index in [1.807, 2.05) is 13.8 Å². The highest BCUT2D eigenvalue weighted by atomic mass is 16.5. The highest BCUT2D eigenvalue weighted by Gasteiger charge is 2.48. The molecule has 0 saturated carbocycles. The average Bonchev–Trinajstić information content (AvgIpc) is 2.89. The zero-order chi connectivity index (χ0) is 15.9. The Morgan fingerprint density at radius 1 is 1.33 bits per heavy atom. The number of amides is 2. The van der Waals surface area contributed by atoms with Crippen molar-refractivity contribution in [3.05, 3.63) is 0 Å². The number of nitrogens with zero attached hydrogens (tertiary/aromatic N) is 1. The average molecular weight is 300 g/mol. The summed E-state index contributed by atoms with van der Waals surface area (Å²) in [7, 11) is 1.68. The molecule has 2 N–H and O–H groups in total. The number of nitrogens with one attached hydrogen (secondary N) is 1. The van der Waals surface area contributed by atoms with Crippen LogP contribution in [0.2, 0.25) is 0 Å². The van der Waals surface area contributed by atoms with Gasteiger partial charge in [0.25, 0.3) is 0 Å². The molecule has 0 radical (unpaired) electrons. The smallest absolute Gasteiger partial charge is 0.317 e. The summed E-state index contributed by atoms with van der Waals surface area (Å²) in [6, 6.07) is -0.148. The fraction of sp³-hybridized carbons (Fsp3) is 0.867. The number of carboxylic acid groups (broad SMARTS) is 1. The van der Waals surface area contributed by atoms with Gasteiger partial charge < -0.3 is 20.1 Å². The lowest BCUT2D eigenvalue weighted by molar-refractivity contribution is -0.150. The minimum atomic E-state index is -0.799. The molecule has 0 aromatic carbocycles. The first-order chi connectivity index (χ1) is 9.94. The number of methoxy groups -OCH3 is 1. The predicted octanol–water partition coefficient (Wildman–Crippen LogP) is 1.95. The lowest BCUT2D eigenvalue weighted by Gasteiger charge is -2.28. The Morgan fingerprint density at radius 3 is 2.57 bits per heavy atom. The van der Waals surface area contributed by atoms with E-state index < -0.39 is 11.4 Å². The van der Waals surface area contributed by atoms with Crippen molar-refractivity contribution in [1.29, 1.82) is 0 Å². The molecule has 2 amide bonds. The summed E-state index contributed by atoms with van der Waals surface area (Å²) in [6.45, 7) is 6.00. The number of ether oxygens (including phenoxy) is 1. The van der Waals surface area contributed by atoms with E-state index in [-0.39, 0.29) is 11.9 Å². The van der Waals surface area contributed by atoms with Crippen molar-refractivity contribution in [2.45, 2.75) is 39.5 Å². The van der Waals surface area contributed by atoms with E-state index in [2.05, 4.69) is 5.32 Å². The molecule has 21 heavy (non-hydrogen) atoms. The normalized spacial score (nSPS) is 21.8. The molecule has 6 heteroatoms. The van der Waals surface area contributed by atoms with E-state index >= 15 is 0 Å². The Bertz CT molecular complexity index is 360. The molecule has 1 atom stereocenters. The summed E-state index contributed by atoms with van der Waals surface area (Å²) in [4.78, 5) is 25.2. The molecule has 1 rings (SSSR count). The first-order valence-corrected chi connectivity index (χ1v) is 7.69. The van der Waals surface area contributed by atoms with Crippen LogP contribution < -0.4 is 5.32 Å². The van der Waals surface area contributed by atoms with Crippen molar-refractivity contribution in [2.24, 2.45) is 11.3 Å². The Balaban J connectivity index is 2.35. The van der Waals surface area contributed by atoms with Gasteiger partial charge in [0, 0.05) is 33.4 Å². The summed E-state index contributed by atoms with van der Waals surface area (Å²) < 4.78 is 4.97. The summed E-state index contributed by atoms with van der Waals surface area (Å²) in [5.74, 6) is -0.783. The largest absolute Gasteiger partial charge is 0.481 e. The van der Waals surface area contributed by atoms with Crippen LogP contribution in [0.15, 0.2) is 0 Å². The second-order valence-corrected chi connectivity index (χ2v) is 6.07. The highest BCUT2D eigenvalue weighted by Crippen LogP contribution is 2.38. The molecule has 0 bridgehead atoms. The fourth-order valence-electron chi connectivity index (χ4n) is 2.75. The monoisotopic (exact) mass is 300 g/mol. The summed E-state index contributed by atoms with van der Waals surface area (Å²) in [5.41, 5.74) is -0.796. The molecule has 0 aromatic heterocycles. The number of carboxylic acids is 1. The molecule has 1 aliphatic rings. The van der Waals surface area contributed by atoms with E-state index in [0.717, 1.165) is 25.9 Å². The number of likely N-dealkylation sites (tertiary alicyclic amines) is 1. The van der Waals surface area contributed by atoms with Gasteiger partial charge in [-0.3, -0.25) is 4.79 Å². The third kappa shape index (κ3) is 4.59. The molecule has 6 nitrogen and oxygen atoms in total. The van der Waals surface area contributed by atoms with E-state index in [9.17, 15) is 14.7 Å². The molecule has 1 fully saturated rings. The Kier molecular flexibility index (Phi) is 6.95. The fourth-order valence-corrected chi connectivity index (χ4v) is 2.75. The number of rotatable bonds is 8. The third-order valence-corrected chi connectivity index (χ3v) is 4.42. The minimum absolute atomic E-state index is 0.0156. The van der Waals surface area contributed by atoms with Crippen LogP contribution in [0.5, 0.6) is 0 Å². The maximum Gasteiger partial charge on any atom is 0.317 e. The number of carbonyl (C=O) groups is 2. The summed E-state index contributed by atoms with van der Waals surface area (Å²) >= 11 is 0. The number of unbranched alkanes of at least 4 members (excludes halogenated alkanes) is 2. The number of carbonyl (C=O) groups excluding carboxylic acids is 1. The van der Waals surface area contributed by atoms with Gasteiger partial charge in [-0.1, -0.05) is 13.8 Å². The van der Waals surface area contributed by atoms with E-state index in [1.54, 1.807) is 12.0 Å². The minimum Gasteiger partial charge on any atom is -0.481 e. The molecule has 0 aliphatic carbocycles. The molecular weight excluding hydrogens is 272 g/mol. The van der Waals surface area contributed by atoms with Crippen molar-refractivity contribution in [2.75, 3.05) is 33.4 Å². The summed E-state index contributed by atoms with van der Waals surface area (Å²) in [5, 5.41) is 12.3. The number of hydrogen-bond acceptors (Lipinski definition) is 3. The van der Waals surface area contributed by atoms with E-state index in [0.29, 0.717) is 26.1 Å². The van der Waals surface area contributed by atoms with Gasteiger partial charge in [0.15, 0.2) is 0 Å². The third-order valence-electron chi connectivity index (χ3n) is 4.42. The molecule has 122 valence electrons. The van der Waals surface area contributed by atoms with Gasteiger partial charge in [0.2, 0.25) is 0 Å². The van der Waals surface area contributed by atoms with Gasteiger partial charge in [-0.05, 0) is 31.6 Å². The van der Waals surface area contributed by atoms with Crippen LogP contribution in [0.4, 0.5) is 4.79 Å². The van der Waals surface area contributed by atoms with Crippen LogP contribution in [-0.4, -0.2) is 55.4 Å². The Labute approximate surface area is 126 Å². The lowest BCUT2D eigenvalue weighted by atomic mass is 9.76. The molecule has 1 unspecified atom stereocenters. The Hall–Kier alpha value is -1.30. The maximum absolute atomic E-state index is 12.1. The highest BCUT2D eigenvalue weighted by molar-refractivity contribution is 5.80. The SMILES string of the molecule is COCCCCCNC(=O)N1CCC(C(=O)O)(C(C)C)C1. The van der Waals surface area contributed by atoms with Crippen molar-refractivity contribution in [3.8, 4) is 0 Å². The molecule has 1 heterocycles. The van der Waals surface area contributed by atoms with Crippen LogP contribution in [0.3, 0.4) is 0 Å². The molecule has 1 saturated heterocycles. The van der Waals surface area contributed by atoms with Gasteiger partial charge >= 0.3 is 12.0 Å². The lowest BCUT2D eigenvalue weighted by Crippen LogP contribution is -2.44. The number of urea groups is 1. The Morgan fingerprint density at radius 2 is 2.05 bits per heavy atom. The second-order valence-electron chi connectivity index (χ2n) is 6.07. The zero-order valence-corrected chi connectivity index (χ0v) is 13.4.